The van der Waals surface area contributed by atoms with Crippen molar-refractivity contribution in [1.82, 2.24) is 4.90 Å². The van der Waals surface area contributed by atoms with E-state index in [-0.39, 0.29) is 6.04 Å². The van der Waals surface area contributed by atoms with E-state index in [1.807, 2.05) is 36.2 Å². The van der Waals surface area contributed by atoms with Crippen molar-refractivity contribution >= 4 is 0 Å². The molecule has 1 aromatic carbocycles. The van der Waals surface area contributed by atoms with Crippen LogP contribution in [-0.4, -0.2) is 18.6 Å². The van der Waals surface area contributed by atoms with Gasteiger partial charge in [-0.05, 0) is 24.9 Å². The zero-order valence-corrected chi connectivity index (χ0v) is 8.43. The van der Waals surface area contributed by atoms with Crippen LogP contribution in [0.5, 0.6) is 0 Å². The fraction of sp³-hybridized carbons (Fsp3) is 0.273. The van der Waals surface area contributed by atoms with Crippen LogP contribution in [0.3, 0.4) is 0 Å². The minimum absolute atomic E-state index is 0.159. The predicted molar refractivity (Wildman–Crippen MR) is 59.3 cm³/mol. The lowest BCUT2D eigenvalue weighted by Gasteiger charge is -2.23. The predicted octanol–water partition coefficient (Wildman–Crippen LogP) is 1.05. The lowest BCUT2D eigenvalue weighted by molar-refractivity contribution is 0.294. The molecule has 1 aromatic rings. The number of likely N-dealkylation sites (N-methyl/N-ethyl adjacent to an activating group) is 1. The second-order valence-corrected chi connectivity index (χ2v) is 3.18. The molecule has 14 heavy (non-hydrogen) atoms. The molecular weight excluding hydrogens is 174 g/mol. The Kier molecular flexibility index (Phi) is 4.16. The molecule has 1 rings (SSSR count). The van der Waals surface area contributed by atoms with Gasteiger partial charge in [-0.15, -0.1) is 0 Å². The van der Waals surface area contributed by atoms with Crippen molar-refractivity contribution in [2.24, 2.45) is 11.5 Å². The molecule has 1 atom stereocenters. The molecule has 3 heteroatoms. The average Bonchev–Trinajstić information content (AvgIpc) is 2.26. The zero-order chi connectivity index (χ0) is 10.4. The minimum Gasteiger partial charge on any atom is -0.405 e. The van der Waals surface area contributed by atoms with Gasteiger partial charge in [0.15, 0.2) is 0 Å². The topological polar surface area (TPSA) is 55.3 Å². The highest BCUT2D eigenvalue weighted by Crippen LogP contribution is 2.19. The number of hydrogen-bond acceptors (Lipinski definition) is 3. The second kappa shape index (κ2) is 5.42. The molecule has 0 aliphatic heterocycles. The number of rotatable bonds is 4. The highest BCUT2D eigenvalue weighted by atomic mass is 15.2. The first kappa shape index (κ1) is 10.8. The van der Waals surface area contributed by atoms with E-state index in [2.05, 4.69) is 12.1 Å². The molecule has 3 nitrogen and oxygen atoms in total. The molecule has 0 radical (unpaired) electrons. The summed E-state index contributed by atoms with van der Waals surface area (Å²) in [5.41, 5.74) is 12.2. The lowest BCUT2D eigenvalue weighted by Crippen LogP contribution is -2.29. The molecule has 0 aliphatic carbocycles. The third-order valence-electron chi connectivity index (χ3n) is 2.20. The second-order valence-electron chi connectivity index (χ2n) is 3.18. The highest BCUT2D eigenvalue weighted by molar-refractivity contribution is 5.22. The van der Waals surface area contributed by atoms with E-state index in [9.17, 15) is 0 Å². The summed E-state index contributed by atoms with van der Waals surface area (Å²) in [5, 5.41) is 0. The first-order valence-corrected chi connectivity index (χ1v) is 4.63. The van der Waals surface area contributed by atoms with Crippen molar-refractivity contribution in [2.75, 3.05) is 13.7 Å². The third kappa shape index (κ3) is 2.58. The van der Waals surface area contributed by atoms with E-state index in [1.165, 1.54) is 5.56 Å². The van der Waals surface area contributed by atoms with Crippen LogP contribution in [0.25, 0.3) is 0 Å². The summed E-state index contributed by atoms with van der Waals surface area (Å²) in [6.07, 6.45) is 3.49. The molecule has 0 spiro atoms. The number of nitrogens with two attached hydrogens (primary N) is 2. The third-order valence-corrected chi connectivity index (χ3v) is 2.20. The molecule has 1 unspecified atom stereocenters. The number of hydrogen-bond donors (Lipinski definition) is 2. The van der Waals surface area contributed by atoms with Gasteiger partial charge in [0.25, 0.3) is 0 Å². The van der Waals surface area contributed by atoms with Gasteiger partial charge in [-0.3, -0.25) is 4.90 Å². The van der Waals surface area contributed by atoms with E-state index in [4.69, 9.17) is 11.5 Å². The van der Waals surface area contributed by atoms with Crippen molar-refractivity contribution < 1.29 is 0 Å². The van der Waals surface area contributed by atoms with Crippen molar-refractivity contribution in [3.63, 3.8) is 0 Å². The summed E-state index contributed by atoms with van der Waals surface area (Å²) in [6.45, 7) is 0.504. The van der Waals surface area contributed by atoms with Crippen LogP contribution in [0.2, 0.25) is 0 Å². The van der Waals surface area contributed by atoms with Crippen molar-refractivity contribution in [2.45, 2.75) is 6.04 Å². The monoisotopic (exact) mass is 191 g/mol. The van der Waals surface area contributed by atoms with E-state index in [0.717, 1.165) is 0 Å². The Bertz CT molecular complexity index is 282. The maximum absolute atomic E-state index is 5.59. The molecule has 0 fully saturated rings. The van der Waals surface area contributed by atoms with Gasteiger partial charge in [-0.25, -0.2) is 0 Å². The largest absolute Gasteiger partial charge is 0.405 e. The molecule has 4 N–H and O–H groups in total. The number of benzene rings is 1. The average molecular weight is 191 g/mol. The van der Waals surface area contributed by atoms with E-state index in [0.29, 0.717) is 6.67 Å². The molecule has 0 bridgehead atoms. The van der Waals surface area contributed by atoms with Gasteiger partial charge in [0.05, 0.1) is 6.04 Å². The molecule has 0 saturated heterocycles. The molecule has 76 valence electrons. The van der Waals surface area contributed by atoms with Crippen molar-refractivity contribution in [1.29, 1.82) is 0 Å². The van der Waals surface area contributed by atoms with Gasteiger partial charge in [0.2, 0.25) is 0 Å². The fourth-order valence-electron chi connectivity index (χ4n) is 1.38. The quantitative estimate of drug-likeness (QED) is 0.699. The summed E-state index contributed by atoms with van der Waals surface area (Å²) >= 11 is 0. The van der Waals surface area contributed by atoms with Crippen molar-refractivity contribution in [3.05, 3.63) is 48.2 Å². The minimum atomic E-state index is 0.159. The van der Waals surface area contributed by atoms with Crippen LogP contribution < -0.4 is 11.5 Å². The van der Waals surface area contributed by atoms with E-state index < -0.39 is 0 Å². The summed E-state index contributed by atoms with van der Waals surface area (Å²) in [5.74, 6) is 0. The van der Waals surface area contributed by atoms with Crippen LogP contribution in [0.1, 0.15) is 11.6 Å². The number of nitrogens with zero attached hydrogens (tertiary/aromatic N) is 1. The van der Waals surface area contributed by atoms with Crippen LogP contribution in [0.4, 0.5) is 0 Å². The smallest absolute Gasteiger partial charge is 0.0557 e. The van der Waals surface area contributed by atoms with Crippen molar-refractivity contribution in [3.8, 4) is 0 Å². The summed E-state index contributed by atoms with van der Waals surface area (Å²) in [4.78, 5) is 2.03. The molecule has 0 aliphatic rings. The van der Waals surface area contributed by atoms with Gasteiger partial charge in [0, 0.05) is 6.67 Å². The van der Waals surface area contributed by atoms with Gasteiger partial charge in [-0.2, -0.15) is 0 Å². The molecule has 0 heterocycles. The SMILES string of the molecule is CN(CN)C(/C=C/N)c1ccccc1. The Morgan fingerprint density at radius 3 is 2.50 bits per heavy atom. The van der Waals surface area contributed by atoms with Gasteiger partial charge in [-0.1, -0.05) is 30.3 Å². The van der Waals surface area contributed by atoms with Gasteiger partial charge >= 0.3 is 0 Å². The van der Waals surface area contributed by atoms with Crippen LogP contribution >= 0.6 is 0 Å². The fourth-order valence-corrected chi connectivity index (χ4v) is 1.38. The van der Waals surface area contributed by atoms with Gasteiger partial charge < -0.3 is 11.5 Å². The Morgan fingerprint density at radius 2 is 2.00 bits per heavy atom. The Hall–Kier alpha value is -1.32. The standard InChI is InChI=1S/C11H17N3/c1-14(9-13)11(7-8-12)10-5-3-2-4-6-10/h2-8,11H,9,12-13H2,1H3/b8-7+. The van der Waals surface area contributed by atoms with Crippen LogP contribution in [-0.2, 0) is 0 Å². The highest BCUT2D eigenvalue weighted by Gasteiger charge is 2.11. The first-order chi connectivity index (χ1) is 6.79. The molecular formula is C11H17N3. The molecule has 0 amide bonds. The normalized spacial score (nSPS) is 13.6. The summed E-state index contributed by atoms with van der Waals surface area (Å²) < 4.78 is 0. The van der Waals surface area contributed by atoms with E-state index in [1.54, 1.807) is 6.20 Å². The van der Waals surface area contributed by atoms with Gasteiger partial charge in [0.1, 0.15) is 0 Å². The maximum Gasteiger partial charge on any atom is 0.0557 e. The zero-order valence-electron chi connectivity index (χ0n) is 8.43. The van der Waals surface area contributed by atoms with E-state index >= 15 is 0 Å². The Morgan fingerprint density at radius 1 is 1.36 bits per heavy atom. The molecule has 0 saturated carbocycles. The lowest BCUT2D eigenvalue weighted by atomic mass is 10.1. The summed E-state index contributed by atoms with van der Waals surface area (Å²) in [7, 11) is 1.97. The molecule has 0 aromatic heterocycles. The van der Waals surface area contributed by atoms with Crippen LogP contribution in [0, 0.1) is 0 Å². The Labute approximate surface area is 85.0 Å². The maximum atomic E-state index is 5.59. The Balaban J connectivity index is 2.88. The summed E-state index contributed by atoms with van der Waals surface area (Å²) in [6, 6.07) is 10.3. The first-order valence-electron chi connectivity index (χ1n) is 4.63. The van der Waals surface area contributed by atoms with Crippen LogP contribution in [0.15, 0.2) is 42.6 Å².